The zero-order chi connectivity index (χ0) is 18.6. The summed E-state index contributed by atoms with van der Waals surface area (Å²) in [5, 5.41) is 11.6. The van der Waals surface area contributed by atoms with Crippen LogP contribution in [0.25, 0.3) is 0 Å². The van der Waals surface area contributed by atoms with Gasteiger partial charge >= 0.3 is 0 Å². The lowest BCUT2D eigenvalue weighted by Gasteiger charge is -2.13. The summed E-state index contributed by atoms with van der Waals surface area (Å²) in [7, 11) is -3.76. The third kappa shape index (κ3) is 4.80. The Balaban J connectivity index is 2.27. The minimum atomic E-state index is -3.76. The number of carbonyl (C=O) groups is 1. The lowest BCUT2D eigenvalue weighted by atomic mass is 10.2. The van der Waals surface area contributed by atoms with E-state index in [1.807, 2.05) is 13.0 Å². The summed E-state index contributed by atoms with van der Waals surface area (Å²) in [5.41, 5.74) is 2.09. The van der Waals surface area contributed by atoms with E-state index in [1.54, 1.807) is 44.2 Å². The van der Waals surface area contributed by atoms with Gasteiger partial charge in [-0.25, -0.2) is 8.42 Å². The van der Waals surface area contributed by atoms with Crippen molar-refractivity contribution in [2.75, 3.05) is 11.3 Å². The number of hydrogen-bond donors (Lipinski definition) is 3. The molecule has 1 atom stereocenters. The molecule has 0 radical (unpaired) electrons. The number of benzene rings is 2. The number of carbonyl (C=O) groups excluding carboxylic acids is 1. The first-order valence-electron chi connectivity index (χ1n) is 7.85. The Morgan fingerprint density at radius 2 is 1.88 bits per heavy atom. The number of rotatable bonds is 6. The Labute approximate surface area is 147 Å². The molecule has 3 N–H and O–H groups in total. The van der Waals surface area contributed by atoms with Crippen LogP contribution in [0.15, 0.2) is 47.4 Å². The highest BCUT2D eigenvalue weighted by Crippen LogP contribution is 2.21. The molecule has 134 valence electrons. The first-order chi connectivity index (χ1) is 11.7. The molecule has 25 heavy (non-hydrogen) atoms. The van der Waals surface area contributed by atoms with Gasteiger partial charge in [0.1, 0.15) is 0 Å². The fraction of sp³-hybridized carbons (Fsp3) is 0.278. The summed E-state index contributed by atoms with van der Waals surface area (Å²) in [6.07, 6.45) is 0. The first-order valence-corrected chi connectivity index (χ1v) is 9.33. The molecule has 7 heteroatoms. The van der Waals surface area contributed by atoms with Gasteiger partial charge < -0.3 is 10.4 Å². The number of nitrogens with one attached hydrogen (secondary N) is 2. The van der Waals surface area contributed by atoms with Crippen LogP contribution < -0.4 is 10.0 Å². The molecule has 0 bridgehead atoms. The highest BCUT2D eigenvalue weighted by Gasteiger charge is 2.18. The smallest absolute Gasteiger partial charge is 0.262 e. The molecule has 0 heterocycles. The summed E-state index contributed by atoms with van der Waals surface area (Å²) in [4.78, 5) is 12.3. The fourth-order valence-corrected chi connectivity index (χ4v) is 3.66. The maximum absolute atomic E-state index is 12.6. The van der Waals surface area contributed by atoms with E-state index in [0.29, 0.717) is 16.8 Å². The van der Waals surface area contributed by atoms with E-state index in [4.69, 9.17) is 5.11 Å². The van der Waals surface area contributed by atoms with Crippen LogP contribution in [0.1, 0.15) is 28.4 Å². The SMILES string of the molecule is Cc1ccc(C)c(S(=O)(=O)Nc2cccc(C(=O)NC(C)CO)c2)c1. The zero-order valence-corrected chi connectivity index (χ0v) is 15.2. The van der Waals surface area contributed by atoms with Crippen LogP contribution in [0, 0.1) is 13.8 Å². The van der Waals surface area contributed by atoms with Crippen LogP contribution in [-0.2, 0) is 10.0 Å². The molecule has 0 saturated heterocycles. The molecule has 0 saturated carbocycles. The molecule has 0 spiro atoms. The van der Waals surface area contributed by atoms with E-state index in [9.17, 15) is 13.2 Å². The standard InChI is InChI=1S/C18H22N2O4S/c1-12-7-8-13(2)17(9-12)25(23,24)20-16-6-4-5-15(10-16)18(22)19-14(3)11-21/h4-10,14,20-21H,11H2,1-3H3,(H,19,22). The molecule has 2 rings (SSSR count). The average molecular weight is 362 g/mol. The van der Waals surface area contributed by atoms with Gasteiger partial charge in [0, 0.05) is 17.3 Å². The van der Waals surface area contributed by atoms with Crippen molar-refractivity contribution in [3.63, 3.8) is 0 Å². The van der Waals surface area contributed by atoms with Crippen molar-refractivity contribution >= 4 is 21.6 Å². The normalized spacial score (nSPS) is 12.5. The van der Waals surface area contributed by atoms with Crippen molar-refractivity contribution in [3.05, 3.63) is 59.2 Å². The number of sulfonamides is 1. The Morgan fingerprint density at radius 1 is 1.16 bits per heavy atom. The minimum Gasteiger partial charge on any atom is -0.394 e. The molecule has 2 aromatic rings. The highest BCUT2D eigenvalue weighted by atomic mass is 32.2. The van der Waals surface area contributed by atoms with Crippen molar-refractivity contribution in [1.29, 1.82) is 0 Å². The van der Waals surface area contributed by atoms with Gasteiger partial charge in [0.15, 0.2) is 0 Å². The van der Waals surface area contributed by atoms with Gasteiger partial charge in [0.2, 0.25) is 0 Å². The molecule has 1 amide bonds. The molecule has 0 fully saturated rings. The number of anilines is 1. The molecule has 6 nitrogen and oxygen atoms in total. The van der Waals surface area contributed by atoms with Crippen LogP contribution in [0.5, 0.6) is 0 Å². The molecule has 0 aromatic heterocycles. The van der Waals surface area contributed by atoms with Gasteiger partial charge in [-0.05, 0) is 56.2 Å². The van der Waals surface area contributed by atoms with Crippen molar-refractivity contribution in [2.45, 2.75) is 31.7 Å². The van der Waals surface area contributed by atoms with E-state index >= 15 is 0 Å². The van der Waals surface area contributed by atoms with Crippen molar-refractivity contribution in [1.82, 2.24) is 5.32 Å². The Morgan fingerprint density at radius 3 is 2.56 bits per heavy atom. The van der Waals surface area contributed by atoms with E-state index in [1.165, 1.54) is 6.07 Å². The second-order valence-corrected chi connectivity index (χ2v) is 7.66. The van der Waals surface area contributed by atoms with E-state index in [-0.39, 0.29) is 23.5 Å². The lowest BCUT2D eigenvalue weighted by molar-refractivity contribution is 0.0922. The second kappa shape index (κ2) is 7.67. The Hall–Kier alpha value is -2.38. The first kappa shape index (κ1) is 19.0. The van der Waals surface area contributed by atoms with Crippen LogP contribution in [-0.4, -0.2) is 32.1 Å². The maximum atomic E-state index is 12.6. The Bertz CT molecular complexity index is 878. The number of aliphatic hydroxyl groups is 1. The van der Waals surface area contributed by atoms with Crippen molar-refractivity contribution < 1.29 is 18.3 Å². The third-order valence-corrected chi connectivity index (χ3v) is 5.18. The van der Waals surface area contributed by atoms with Crippen LogP contribution in [0.4, 0.5) is 5.69 Å². The second-order valence-electron chi connectivity index (χ2n) is 6.01. The van der Waals surface area contributed by atoms with Crippen LogP contribution in [0.3, 0.4) is 0 Å². The minimum absolute atomic E-state index is 0.176. The van der Waals surface area contributed by atoms with E-state index in [2.05, 4.69) is 10.0 Å². The summed E-state index contributed by atoms with van der Waals surface area (Å²) >= 11 is 0. The van der Waals surface area contributed by atoms with Gasteiger partial charge in [-0.3, -0.25) is 9.52 Å². The highest BCUT2D eigenvalue weighted by molar-refractivity contribution is 7.92. The summed E-state index contributed by atoms with van der Waals surface area (Å²) in [6, 6.07) is 11.0. The molecular weight excluding hydrogens is 340 g/mol. The monoisotopic (exact) mass is 362 g/mol. The molecule has 0 aliphatic rings. The van der Waals surface area contributed by atoms with Gasteiger partial charge in [-0.15, -0.1) is 0 Å². The summed E-state index contributed by atoms with van der Waals surface area (Å²) in [6.45, 7) is 5.05. The number of aliphatic hydroxyl groups excluding tert-OH is 1. The molecular formula is C18H22N2O4S. The fourth-order valence-electron chi connectivity index (χ4n) is 2.28. The van der Waals surface area contributed by atoms with Gasteiger partial charge in [-0.2, -0.15) is 0 Å². The quantitative estimate of drug-likeness (QED) is 0.734. The predicted octanol–water partition coefficient (Wildman–Crippen LogP) is 2.21. The van der Waals surface area contributed by atoms with Crippen LogP contribution >= 0.6 is 0 Å². The maximum Gasteiger partial charge on any atom is 0.262 e. The number of aryl methyl sites for hydroxylation is 2. The molecule has 0 aliphatic heterocycles. The van der Waals surface area contributed by atoms with E-state index in [0.717, 1.165) is 5.56 Å². The average Bonchev–Trinajstić information content (AvgIpc) is 2.56. The molecule has 0 aliphatic carbocycles. The Kier molecular flexibility index (Phi) is 5.81. The van der Waals surface area contributed by atoms with Gasteiger partial charge in [0.05, 0.1) is 11.5 Å². The topological polar surface area (TPSA) is 95.5 Å². The predicted molar refractivity (Wildman–Crippen MR) is 97.2 cm³/mol. The zero-order valence-electron chi connectivity index (χ0n) is 14.4. The van der Waals surface area contributed by atoms with Crippen molar-refractivity contribution in [2.24, 2.45) is 0 Å². The van der Waals surface area contributed by atoms with Crippen LogP contribution in [0.2, 0.25) is 0 Å². The van der Waals surface area contributed by atoms with Crippen molar-refractivity contribution in [3.8, 4) is 0 Å². The lowest BCUT2D eigenvalue weighted by Crippen LogP contribution is -2.35. The van der Waals surface area contributed by atoms with Gasteiger partial charge in [-0.1, -0.05) is 18.2 Å². The summed E-state index contributed by atoms with van der Waals surface area (Å²) < 4.78 is 27.8. The third-order valence-electron chi connectivity index (χ3n) is 3.66. The van der Waals surface area contributed by atoms with Gasteiger partial charge in [0.25, 0.3) is 15.9 Å². The number of hydrogen-bond acceptors (Lipinski definition) is 4. The largest absolute Gasteiger partial charge is 0.394 e. The summed E-state index contributed by atoms with van der Waals surface area (Å²) in [5.74, 6) is -0.380. The molecule has 1 unspecified atom stereocenters. The molecule has 2 aromatic carbocycles. The van der Waals surface area contributed by atoms with E-state index < -0.39 is 10.0 Å². The number of amides is 1.